The molecule has 1 amide bonds. The quantitative estimate of drug-likeness (QED) is 0.752. The van der Waals surface area contributed by atoms with E-state index >= 15 is 0 Å². The summed E-state index contributed by atoms with van der Waals surface area (Å²) >= 11 is 0. The number of carboxylic acid groups (broad SMARTS) is 1. The number of amides is 1. The molecule has 0 saturated carbocycles. The Kier molecular flexibility index (Phi) is 6.18. The van der Waals surface area contributed by atoms with Crippen LogP contribution in [0.25, 0.3) is 0 Å². The van der Waals surface area contributed by atoms with Gasteiger partial charge in [-0.15, -0.1) is 0 Å². The first-order chi connectivity index (χ1) is 11.7. The van der Waals surface area contributed by atoms with Crippen LogP contribution in [0.15, 0.2) is 23.1 Å². The number of aryl methyl sites for hydroxylation is 2. The summed E-state index contributed by atoms with van der Waals surface area (Å²) in [7, 11) is -3.98. The van der Waals surface area contributed by atoms with Crippen LogP contribution in [0.5, 0.6) is 0 Å². The molecule has 8 heteroatoms. The van der Waals surface area contributed by atoms with Gasteiger partial charge < -0.3 is 10.4 Å². The van der Waals surface area contributed by atoms with Gasteiger partial charge in [0.25, 0.3) is 0 Å². The second-order valence-electron chi connectivity index (χ2n) is 6.25. The van der Waals surface area contributed by atoms with E-state index in [4.69, 9.17) is 0 Å². The zero-order chi connectivity index (χ0) is 18.6. The fourth-order valence-corrected chi connectivity index (χ4v) is 4.63. The average molecular weight is 368 g/mol. The van der Waals surface area contributed by atoms with E-state index in [1.165, 1.54) is 13.8 Å². The van der Waals surface area contributed by atoms with Gasteiger partial charge >= 0.3 is 5.97 Å². The molecule has 1 aromatic rings. The van der Waals surface area contributed by atoms with Gasteiger partial charge in [-0.25, -0.2) is 8.42 Å². The van der Waals surface area contributed by atoms with Gasteiger partial charge in [0.1, 0.15) is 6.04 Å². The van der Waals surface area contributed by atoms with Gasteiger partial charge in [-0.1, -0.05) is 6.07 Å². The van der Waals surface area contributed by atoms with Crippen LogP contribution < -0.4 is 5.32 Å². The molecule has 2 rings (SSSR count). The number of nitrogens with zero attached hydrogens (tertiary/aromatic N) is 1. The maximum Gasteiger partial charge on any atom is 0.321 e. The average Bonchev–Trinajstić information content (AvgIpc) is 2.57. The van der Waals surface area contributed by atoms with Gasteiger partial charge in [-0.2, -0.15) is 4.31 Å². The zero-order valence-electron chi connectivity index (χ0n) is 14.5. The first kappa shape index (κ1) is 19.4. The zero-order valence-corrected chi connectivity index (χ0v) is 15.3. The first-order valence-electron chi connectivity index (χ1n) is 8.34. The smallest absolute Gasteiger partial charge is 0.321 e. The van der Waals surface area contributed by atoms with Crippen molar-refractivity contribution in [3.63, 3.8) is 0 Å². The van der Waals surface area contributed by atoms with Crippen LogP contribution in [0.3, 0.4) is 0 Å². The normalized spacial score (nSPS) is 15.5. The molecular weight excluding hydrogens is 344 g/mol. The van der Waals surface area contributed by atoms with E-state index < -0.39 is 22.0 Å². The maximum atomic E-state index is 13.0. The minimum atomic E-state index is -3.98. The van der Waals surface area contributed by atoms with Crippen LogP contribution in [-0.4, -0.2) is 48.8 Å². The number of carbonyl (C=O) groups excluding carboxylic acids is 1. The van der Waals surface area contributed by atoms with Crippen molar-refractivity contribution in [2.45, 2.75) is 50.5 Å². The first-order valence-corrected chi connectivity index (χ1v) is 9.78. The van der Waals surface area contributed by atoms with E-state index in [-0.39, 0.29) is 23.9 Å². The molecule has 1 atom stereocenters. The second-order valence-corrected chi connectivity index (χ2v) is 8.14. The van der Waals surface area contributed by atoms with Crippen molar-refractivity contribution >= 4 is 21.9 Å². The van der Waals surface area contributed by atoms with Crippen LogP contribution in [0.1, 0.15) is 37.8 Å². The lowest BCUT2D eigenvalue weighted by Crippen LogP contribution is -2.46. The number of hydrogen-bond acceptors (Lipinski definition) is 4. The standard InChI is InChI=1S/C17H24N2O5S/c1-12(17(21)22)19(10-9-18-13(2)20)25(23,24)16-8-7-14-5-3-4-6-15(14)11-16/h7-8,11-12H,3-6,9-10H2,1-2H3,(H,18,20)(H,21,22). The van der Waals surface area contributed by atoms with Crippen LogP contribution in [0, 0.1) is 0 Å². The third-order valence-electron chi connectivity index (χ3n) is 4.42. The lowest BCUT2D eigenvalue weighted by atomic mass is 9.92. The van der Waals surface area contributed by atoms with Gasteiger partial charge in [0.05, 0.1) is 4.90 Å². The highest BCUT2D eigenvalue weighted by Crippen LogP contribution is 2.26. The molecule has 0 radical (unpaired) electrons. The number of aliphatic carboxylic acids is 1. The lowest BCUT2D eigenvalue weighted by Gasteiger charge is -2.26. The summed E-state index contributed by atoms with van der Waals surface area (Å²) in [6.07, 6.45) is 3.89. The predicted octanol–water partition coefficient (Wildman–Crippen LogP) is 1.17. The largest absolute Gasteiger partial charge is 0.480 e. The van der Waals surface area contributed by atoms with Gasteiger partial charge in [0, 0.05) is 20.0 Å². The van der Waals surface area contributed by atoms with Gasteiger partial charge in [-0.3, -0.25) is 9.59 Å². The number of carboxylic acids is 1. The van der Waals surface area contributed by atoms with Gasteiger partial charge in [0.2, 0.25) is 15.9 Å². The molecule has 0 aromatic heterocycles. The third-order valence-corrected chi connectivity index (χ3v) is 6.39. The summed E-state index contributed by atoms with van der Waals surface area (Å²) in [6, 6.07) is 3.79. The van der Waals surface area contributed by atoms with E-state index in [9.17, 15) is 23.1 Å². The highest BCUT2D eigenvalue weighted by molar-refractivity contribution is 7.89. The van der Waals surface area contributed by atoms with Crippen LogP contribution in [0.4, 0.5) is 0 Å². The Morgan fingerprint density at radius 1 is 1.24 bits per heavy atom. The summed E-state index contributed by atoms with van der Waals surface area (Å²) < 4.78 is 26.9. The van der Waals surface area contributed by atoms with E-state index in [0.717, 1.165) is 41.1 Å². The number of rotatable bonds is 7. The van der Waals surface area contributed by atoms with Crippen molar-refractivity contribution in [2.75, 3.05) is 13.1 Å². The molecule has 1 aromatic carbocycles. The Hall–Kier alpha value is -1.93. The molecule has 1 aliphatic carbocycles. The highest BCUT2D eigenvalue weighted by Gasteiger charge is 2.33. The van der Waals surface area contributed by atoms with Crippen LogP contribution >= 0.6 is 0 Å². The molecule has 1 aliphatic rings. The molecule has 0 fully saturated rings. The molecule has 7 nitrogen and oxygen atoms in total. The molecule has 2 N–H and O–H groups in total. The number of carbonyl (C=O) groups is 2. The molecule has 0 bridgehead atoms. The number of sulfonamides is 1. The Morgan fingerprint density at radius 2 is 1.88 bits per heavy atom. The summed E-state index contributed by atoms with van der Waals surface area (Å²) in [4.78, 5) is 22.5. The van der Waals surface area contributed by atoms with Gasteiger partial charge in [-0.05, 0) is 55.9 Å². The van der Waals surface area contributed by atoms with E-state index in [2.05, 4.69) is 5.32 Å². The van der Waals surface area contributed by atoms with E-state index in [1.807, 2.05) is 6.07 Å². The minimum Gasteiger partial charge on any atom is -0.480 e. The number of fused-ring (bicyclic) bond motifs is 1. The van der Waals surface area contributed by atoms with Crippen LogP contribution in [-0.2, 0) is 32.5 Å². The van der Waals surface area contributed by atoms with Crippen LogP contribution in [0.2, 0.25) is 0 Å². The predicted molar refractivity (Wildman–Crippen MR) is 92.8 cm³/mol. The second kappa shape index (κ2) is 7.97. The lowest BCUT2D eigenvalue weighted by molar-refractivity contribution is -0.140. The summed E-state index contributed by atoms with van der Waals surface area (Å²) in [5.74, 6) is -1.53. The molecule has 0 heterocycles. The van der Waals surface area contributed by atoms with Crippen molar-refractivity contribution < 1.29 is 23.1 Å². The number of nitrogens with one attached hydrogen (secondary N) is 1. The Morgan fingerprint density at radius 3 is 2.48 bits per heavy atom. The van der Waals surface area contributed by atoms with Gasteiger partial charge in [0.15, 0.2) is 0 Å². The molecule has 1 unspecified atom stereocenters. The van der Waals surface area contributed by atoms with Crippen molar-refractivity contribution in [1.29, 1.82) is 0 Å². The number of hydrogen-bond donors (Lipinski definition) is 2. The molecule has 0 saturated heterocycles. The SMILES string of the molecule is CC(=O)NCCN(C(C)C(=O)O)S(=O)(=O)c1ccc2c(c1)CCCC2. The fourth-order valence-electron chi connectivity index (χ4n) is 2.99. The monoisotopic (exact) mass is 368 g/mol. The fraction of sp³-hybridized carbons (Fsp3) is 0.529. The minimum absolute atomic E-state index is 0.0527. The Bertz CT molecular complexity index is 760. The van der Waals surface area contributed by atoms with Crippen molar-refractivity contribution in [2.24, 2.45) is 0 Å². The Balaban J connectivity index is 2.33. The molecule has 0 aliphatic heterocycles. The molecule has 25 heavy (non-hydrogen) atoms. The summed E-state index contributed by atoms with van der Waals surface area (Å²) in [5, 5.41) is 11.8. The van der Waals surface area contributed by atoms with Crippen molar-refractivity contribution in [3.8, 4) is 0 Å². The molecule has 138 valence electrons. The highest BCUT2D eigenvalue weighted by atomic mass is 32.2. The number of benzene rings is 1. The summed E-state index contributed by atoms with van der Waals surface area (Å²) in [5.41, 5.74) is 2.17. The summed E-state index contributed by atoms with van der Waals surface area (Å²) in [6.45, 7) is 2.60. The molecule has 0 spiro atoms. The van der Waals surface area contributed by atoms with Crippen molar-refractivity contribution in [3.05, 3.63) is 29.3 Å². The Labute approximate surface area is 148 Å². The van der Waals surface area contributed by atoms with E-state index in [1.54, 1.807) is 12.1 Å². The topological polar surface area (TPSA) is 104 Å². The van der Waals surface area contributed by atoms with Crippen molar-refractivity contribution in [1.82, 2.24) is 9.62 Å². The maximum absolute atomic E-state index is 13.0. The third kappa shape index (κ3) is 4.58. The molecular formula is C17H24N2O5S. The van der Waals surface area contributed by atoms with E-state index in [0.29, 0.717) is 0 Å².